The molecule has 0 saturated carbocycles. The third kappa shape index (κ3) is 5.76. The molecule has 168 valence electrons. The number of carbonyl (C=O) groups is 2. The molecule has 6 nitrogen and oxygen atoms in total. The summed E-state index contributed by atoms with van der Waals surface area (Å²) in [5.74, 6) is -0.435. The summed E-state index contributed by atoms with van der Waals surface area (Å²) in [5, 5.41) is 0.576. The van der Waals surface area contributed by atoms with E-state index in [1.54, 1.807) is 34.1 Å². The number of halogens is 2. The van der Waals surface area contributed by atoms with Gasteiger partial charge in [0.2, 0.25) is 5.91 Å². The number of alkyl halides is 1. The van der Waals surface area contributed by atoms with Crippen LogP contribution in [0.25, 0.3) is 0 Å². The molecular formula is C21H33Cl2N3O3Si. The minimum Gasteiger partial charge on any atom is -0.410 e. The zero-order valence-corrected chi connectivity index (χ0v) is 21.0. The van der Waals surface area contributed by atoms with Crippen LogP contribution in [0.5, 0.6) is 0 Å². The van der Waals surface area contributed by atoms with Crippen LogP contribution in [0, 0.1) is 0 Å². The number of amides is 2. The van der Waals surface area contributed by atoms with Gasteiger partial charge in [0.15, 0.2) is 8.32 Å². The van der Waals surface area contributed by atoms with Crippen molar-refractivity contribution in [3.05, 3.63) is 34.9 Å². The van der Waals surface area contributed by atoms with Crippen molar-refractivity contribution in [2.24, 2.45) is 5.73 Å². The van der Waals surface area contributed by atoms with Crippen LogP contribution in [-0.4, -0.2) is 74.1 Å². The Kier molecular flexibility index (Phi) is 8.38. The van der Waals surface area contributed by atoms with Crippen molar-refractivity contribution in [2.45, 2.75) is 51.0 Å². The van der Waals surface area contributed by atoms with Crippen LogP contribution in [0.15, 0.2) is 24.3 Å². The van der Waals surface area contributed by atoms with Gasteiger partial charge in [0.1, 0.15) is 5.88 Å². The molecule has 2 N–H and O–H groups in total. The van der Waals surface area contributed by atoms with E-state index in [1.807, 2.05) is 0 Å². The Labute approximate surface area is 190 Å². The molecule has 1 aliphatic heterocycles. The number of nitrogens with two attached hydrogens (primary N) is 1. The van der Waals surface area contributed by atoms with Crippen molar-refractivity contribution in [1.82, 2.24) is 9.80 Å². The first-order valence-electron chi connectivity index (χ1n) is 10.2. The molecular weight excluding hydrogens is 441 g/mol. The topological polar surface area (TPSA) is 75.9 Å². The Morgan fingerprint density at radius 3 is 2.33 bits per heavy atom. The van der Waals surface area contributed by atoms with Crippen molar-refractivity contribution in [3.8, 4) is 0 Å². The number of rotatable bonds is 7. The minimum absolute atomic E-state index is 0.000346. The molecule has 0 radical (unpaired) electrons. The van der Waals surface area contributed by atoms with Crippen LogP contribution in [-0.2, 0) is 9.22 Å². The highest BCUT2D eigenvalue weighted by Crippen LogP contribution is 2.39. The van der Waals surface area contributed by atoms with Crippen molar-refractivity contribution < 1.29 is 14.0 Å². The number of carbonyl (C=O) groups excluding carboxylic acids is 2. The fourth-order valence-corrected chi connectivity index (χ4v) is 4.98. The molecule has 1 saturated heterocycles. The molecule has 0 unspecified atom stereocenters. The molecule has 2 amide bonds. The highest BCUT2D eigenvalue weighted by molar-refractivity contribution is 6.74. The largest absolute Gasteiger partial charge is 0.410 e. The second kappa shape index (κ2) is 10.00. The summed E-state index contributed by atoms with van der Waals surface area (Å²) in [7, 11) is -2.13. The third-order valence-corrected chi connectivity index (χ3v) is 11.1. The number of hydrogen-bond donors (Lipinski definition) is 1. The maximum Gasteiger partial charge on any atom is 0.254 e. The molecule has 1 heterocycles. The summed E-state index contributed by atoms with van der Waals surface area (Å²) in [4.78, 5) is 29.1. The first-order chi connectivity index (χ1) is 13.9. The van der Waals surface area contributed by atoms with E-state index in [9.17, 15) is 9.59 Å². The quantitative estimate of drug-likeness (QED) is 0.484. The van der Waals surface area contributed by atoms with Gasteiger partial charge >= 0.3 is 0 Å². The van der Waals surface area contributed by atoms with Crippen LogP contribution in [0.2, 0.25) is 23.2 Å². The van der Waals surface area contributed by atoms with Crippen LogP contribution in [0.3, 0.4) is 0 Å². The van der Waals surface area contributed by atoms with E-state index in [0.717, 1.165) is 0 Å². The van der Waals surface area contributed by atoms with Crippen molar-refractivity contribution in [2.75, 3.05) is 32.1 Å². The first-order valence-corrected chi connectivity index (χ1v) is 14.0. The molecule has 9 heteroatoms. The van der Waals surface area contributed by atoms with E-state index in [-0.39, 0.29) is 34.9 Å². The summed E-state index contributed by atoms with van der Waals surface area (Å²) >= 11 is 11.8. The summed E-state index contributed by atoms with van der Waals surface area (Å²) in [6.07, 6.45) is -0.291. The molecule has 1 aliphatic rings. The van der Waals surface area contributed by atoms with Gasteiger partial charge in [-0.25, -0.2) is 0 Å². The average molecular weight is 475 g/mol. The van der Waals surface area contributed by atoms with Gasteiger partial charge in [-0.15, -0.1) is 11.6 Å². The van der Waals surface area contributed by atoms with Crippen molar-refractivity contribution >= 4 is 43.3 Å². The molecule has 0 bridgehead atoms. The molecule has 0 aliphatic carbocycles. The Balaban J connectivity index is 2.33. The molecule has 2 atom stereocenters. The fraction of sp³-hybridized carbons (Fsp3) is 0.619. The maximum atomic E-state index is 13.1. The first kappa shape index (κ1) is 25.1. The molecule has 30 heavy (non-hydrogen) atoms. The van der Waals surface area contributed by atoms with E-state index < -0.39 is 8.32 Å². The lowest BCUT2D eigenvalue weighted by atomic mass is 10.2. The molecule has 1 aromatic carbocycles. The zero-order chi connectivity index (χ0) is 22.7. The summed E-state index contributed by atoms with van der Waals surface area (Å²) in [5.41, 5.74) is 6.32. The molecule has 1 fully saturated rings. The minimum atomic E-state index is -2.13. The third-order valence-electron chi connectivity index (χ3n) is 6.07. The zero-order valence-electron chi connectivity index (χ0n) is 18.5. The summed E-state index contributed by atoms with van der Waals surface area (Å²) in [6.45, 7) is 12.3. The maximum absolute atomic E-state index is 13.1. The van der Waals surface area contributed by atoms with E-state index in [2.05, 4.69) is 33.9 Å². The highest BCUT2D eigenvalue weighted by atomic mass is 35.5. The van der Waals surface area contributed by atoms with Gasteiger partial charge in [-0.05, 0) is 42.4 Å². The van der Waals surface area contributed by atoms with E-state index in [0.29, 0.717) is 36.8 Å². The molecule has 0 aromatic heterocycles. The monoisotopic (exact) mass is 473 g/mol. The second-order valence-electron chi connectivity index (χ2n) is 9.21. The average Bonchev–Trinajstić information content (AvgIpc) is 3.07. The van der Waals surface area contributed by atoms with Gasteiger partial charge in [0.05, 0.1) is 12.1 Å². The van der Waals surface area contributed by atoms with Crippen LogP contribution in [0.1, 0.15) is 31.1 Å². The van der Waals surface area contributed by atoms with Gasteiger partial charge < -0.3 is 20.0 Å². The Morgan fingerprint density at radius 1 is 1.23 bits per heavy atom. The van der Waals surface area contributed by atoms with Crippen molar-refractivity contribution in [1.29, 1.82) is 0 Å². The summed E-state index contributed by atoms with van der Waals surface area (Å²) < 4.78 is 6.68. The van der Waals surface area contributed by atoms with Gasteiger partial charge in [0, 0.05) is 36.8 Å². The fourth-order valence-electron chi connectivity index (χ4n) is 3.36. The van der Waals surface area contributed by atoms with E-state index in [1.165, 1.54) is 0 Å². The molecule has 1 aromatic rings. The van der Waals surface area contributed by atoms with Crippen LogP contribution in [0.4, 0.5) is 0 Å². The van der Waals surface area contributed by atoms with Crippen molar-refractivity contribution in [3.63, 3.8) is 0 Å². The number of benzene rings is 1. The summed E-state index contributed by atoms with van der Waals surface area (Å²) in [6, 6.07) is 6.53. The van der Waals surface area contributed by atoms with Gasteiger partial charge in [-0.1, -0.05) is 32.4 Å². The van der Waals surface area contributed by atoms with E-state index in [4.69, 9.17) is 33.4 Å². The second-order valence-corrected chi connectivity index (χ2v) is 14.7. The lowest BCUT2D eigenvalue weighted by molar-refractivity contribution is -0.132. The smallest absolute Gasteiger partial charge is 0.254 e. The molecule has 0 spiro atoms. The Bertz CT molecular complexity index is 753. The van der Waals surface area contributed by atoms with Crippen LogP contribution >= 0.6 is 23.2 Å². The predicted octanol–water partition coefficient (Wildman–Crippen LogP) is 3.58. The van der Waals surface area contributed by atoms with Gasteiger partial charge in [-0.2, -0.15) is 0 Å². The SMILES string of the molecule is CC(C)(C)[Si](C)(C)O[C@@H]1CN(C(=O)c2ccc(Cl)cc2)C[C@H]1N(CCN)C(=O)CCl. The lowest BCUT2D eigenvalue weighted by Gasteiger charge is -2.41. The Morgan fingerprint density at radius 2 is 1.83 bits per heavy atom. The standard InChI is InChI=1S/C21H33Cl2N3O3Si/c1-21(2,3)30(4,5)29-18-14-25(20(28)15-6-8-16(23)9-7-15)13-17(18)26(11-10-24)19(27)12-22/h6-9,17-18H,10-14,24H2,1-5H3/t17-,18-/m1/s1. The van der Waals surface area contributed by atoms with Gasteiger partial charge in [-0.3, -0.25) is 9.59 Å². The predicted molar refractivity (Wildman–Crippen MR) is 125 cm³/mol. The Hall–Kier alpha value is -1.12. The van der Waals surface area contributed by atoms with Crippen LogP contribution < -0.4 is 5.73 Å². The highest BCUT2D eigenvalue weighted by Gasteiger charge is 2.46. The van der Waals surface area contributed by atoms with E-state index >= 15 is 0 Å². The number of nitrogens with zero attached hydrogens (tertiary/aromatic N) is 2. The normalized spacial score (nSPS) is 19.8. The number of likely N-dealkylation sites (tertiary alicyclic amines) is 1. The molecule has 2 rings (SSSR count). The lowest BCUT2D eigenvalue weighted by Crippen LogP contribution is -2.54. The number of hydrogen-bond acceptors (Lipinski definition) is 4. The van der Waals surface area contributed by atoms with Gasteiger partial charge in [0.25, 0.3) is 5.91 Å².